The highest BCUT2D eigenvalue weighted by atomic mass is 16.5. The van der Waals surface area contributed by atoms with Crippen LogP contribution in [0.2, 0.25) is 0 Å². The Morgan fingerprint density at radius 2 is 1.85 bits per heavy atom. The fourth-order valence-corrected chi connectivity index (χ4v) is 3.62. The average molecular weight is 357 g/mol. The van der Waals surface area contributed by atoms with Gasteiger partial charge in [-0.1, -0.05) is 26.0 Å². The predicted molar refractivity (Wildman–Crippen MR) is 95.1 cm³/mol. The molecular formula is C20H23NO5. The van der Waals surface area contributed by atoms with E-state index in [0.29, 0.717) is 29.9 Å². The largest absolute Gasteiger partial charge is 0.497 e. The SMILES string of the molecule is COC(=O)C1=C(N)OC2=C(C(=O)CC(C)(C)C2)[C@@H]1c1ccc(OC)cc1. The Bertz CT molecular complexity index is 817. The molecule has 0 radical (unpaired) electrons. The Labute approximate surface area is 152 Å². The fourth-order valence-electron chi connectivity index (χ4n) is 3.62. The summed E-state index contributed by atoms with van der Waals surface area (Å²) in [6, 6.07) is 7.21. The Morgan fingerprint density at radius 3 is 2.42 bits per heavy atom. The van der Waals surface area contributed by atoms with Gasteiger partial charge in [-0.25, -0.2) is 4.79 Å². The molecule has 0 bridgehead atoms. The number of ketones is 1. The zero-order chi connectivity index (χ0) is 19.1. The number of Topliss-reactive ketones (excluding diaryl/α,β-unsaturated/α-hetero) is 1. The van der Waals surface area contributed by atoms with E-state index in [4.69, 9.17) is 19.9 Å². The summed E-state index contributed by atoms with van der Waals surface area (Å²) in [5.74, 6) is -0.0407. The van der Waals surface area contributed by atoms with E-state index >= 15 is 0 Å². The van der Waals surface area contributed by atoms with E-state index in [-0.39, 0.29) is 22.7 Å². The maximum absolute atomic E-state index is 12.9. The Kier molecular flexibility index (Phi) is 4.52. The van der Waals surface area contributed by atoms with Gasteiger partial charge in [-0.2, -0.15) is 0 Å². The van der Waals surface area contributed by atoms with E-state index < -0.39 is 11.9 Å². The third-order valence-electron chi connectivity index (χ3n) is 4.81. The minimum absolute atomic E-state index is 0.0121. The molecule has 0 saturated heterocycles. The number of ether oxygens (including phenoxy) is 3. The molecular weight excluding hydrogens is 334 g/mol. The first kappa shape index (κ1) is 18.0. The second-order valence-corrected chi connectivity index (χ2v) is 7.36. The molecule has 1 atom stereocenters. The van der Waals surface area contributed by atoms with Gasteiger partial charge in [-0.05, 0) is 23.1 Å². The van der Waals surface area contributed by atoms with Gasteiger partial charge >= 0.3 is 5.97 Å². The molecule has 1 aliphatic carbocycles. The maximum Gasteiger partial charge on any atom is 0.340 e. The molecule has 0 amide bonds. The molecule has 1 aromatic carbocycles. The standard InChI is InChI=1S/C20H23NO5/c1-20(2)9-13(22)16-14(10-20)26-18(21)17(19(23)25-4)15(16)11-5-7-12(24-3)8-6-11/h5-8,15H,9-10,21H2,1-4H3/t15-/m0/s1. The number of methoxy groups -OCH3 is 2. The number of hydrogen-bond donors (Lipinski definition) is 1. The lowest BCUT2D eigenvalue weighted by atomic mass is 9.70. The van der Waals surface area contributed by atoms with Crippen LogP contribution < -0.4 is 10.5 Å². The van der Waals surface area contributed by atoms with Gasteiger partial charge in [-0.3, -0.25) is 4.79 Å². The van der Waals surface area contributed by atoms with Crippen LogP contribution in [0.5, 0.6) is 5.75 Å². The summed E-state index contributed by atoms with van der Waals surface area (Å²) >= 11 is 0. The average Bonchev–Trinajstić information content (AvgIpc) is 2.59. The topological polar surface area (TPSA) is 87.9 Å². The summed E-state index contributed by atoms with van der Waals surface area (Å²) in [7, 11) is 2.86. The van der Waals surface area contributed by atoms with Crippen LogP contribution in [0.1, 0.15) is 38.2 Å². The minimum atomic E-state index is -0.610. The van der Waals surface area contributed by atoms with Crippen molar-refractivity contribution in [1.82, 2.24) is 0 Å². The van der Waals surface area contributed by atoms with E-state index in [0.717, 1.165) is 5.56 Å². The Morgan fingerprint density at radius 1 is 1.19 bits per heavy atom. The lowest BCUT2D eigenvalue weighted by Gasteiger charge is -2.37. The number of benzene rings is 1. The zero-order valence-corrected chi connectivity index (χ0v) is 15.4. The second kappa shape index (κ2) is 6.52. The van der Waals surface area contributed by atoms with Gasteiger partial charge in [0.25, 0.3) is 0 Å². The highest BCUT2D eigenvalue weighted by molar-refractivity contribution is 6.03. The lowest BCUT2D eigenvalue weighted by molar-refractivity contribution is -0.136. The summed E-state index contributed by atoms with van der Waals surface area (Å²) in [6.07, 6.45) is 0.964. The summed E-state index contributed by atoms with van der Waals surface area (Å²) in [6.45, 7) is 4.02. The van der Waals surface area contributed by atoms with E-state index in [2.05, 4.69) is 0 Å². The Balaban J connectivity index is 2.17. The first-order chi connectivity index (χ1) is 12.3. The van der Waals surface area contributed by atoms with Crippen molar-refractivity contribution in [2.45, 2.75) is 32.6 Å². The number of hydrogen-bond acceptors (Lipinski definition) is 6. The van der Waals surface area contributed by atoms with Crippen LogP contribution in [0.4, 0.5) is 0 Å². The van der Waals surface area contributed by atoms with E-state index in [9.17, 15) is 9.59 Å². The van der Waals surface area contributed by atoms with Gasteiger partial charge in [0.2, 0.25) is 5.88 Å². The predicted octanol–water partition coefficient (Wildman–Crippen LogP) is 2.80. The summed E-state index contributed by atoms with van der Waals surface area (Å²) in [4.78, 5) is 25.3. The summed E-state index contributed by atoms with van der Waals surface area (Å²) in [5.41, 5.74) is 7.26. The summed E-state index contributed by atoms with van der Waals surface area (Å²) in [5, 5.41) is 0. The molecule has 0 spiro atoms. The van der Waals surface area contributed by atoms with Crippen LogP contribution >= 0.6 is 0 Å². The maximum atomic E-state index is 12.9. The number of carbonyl (C=O) groups is 2. The molecule has 0 unspecified atom stereocenters. The molecule has 138 valence electrons. The monoisotopic (exact) mass is 357 g/mol. The molecule has 3 rings (SSSR count). The molecule has 0 aromatic heterocycles. The van der Waals surface area contributed by atoms with Crippen molar-refractivity contribution >= 4 is 11.8 Å². The first-order valence-corrected chi connectivity index (χ1v) is 8.43. The van der Waals surface area contributed by atoms with Crippen LogP contribution in [0.15, 0.2) is 47.1 Å². The van der Waals surface area contributed by atoms with Crippen molar-refractivity contribution in [3.8, 4) is 5.75 Å². The normalized spacial score (nSPS) is 21.8. The third-order valence-corrected chi connectivity index (χ3v) is 4.81. The molecule has 6 nitrogen and oxygen atoms in total. The molecule has 6 heteroatoms. The zero-order valence-electron chi connectivity index (χ0n) is 15.4. The van der Waals surface area contributed by atoms with Crippen molar-refractivity contribution in [2.24, 2.45) is 11.1 Å². The molecule has 1 heterocycles. The van der Waals surface area contributed by atoms with Gasteiger partial charge in [0.1, 0.15) is 17.1 Å². The number of allylic oxidation sites excluding steroid dienone is 2. The van der Waals surface area contributed by atoms with Crippen molar-refractivity contribution in [3.05, 3.63) is 52.6 Å². The van der Waals surface area contributed by atoms with Gasteiger partial charge < -0.3 is 19.9 Å². The van der Waals surface area contributed by atoms with Gasteiger partial charge in [0.05, 0.1) is 20.1 Å². The minimum Gasteiger partial charge on any atom is -0.497 e. The number of carbonyl (C=O) groups excluding carboxylic acids is 2. The highest BCUT2D eigenvalue weighted by Crippen LogP contribution is 2.48. The molecule has 0 fully saturated rings. The third kappa shape index (κ3) is 3.07. The fraction of sp³-hybridized carbons (Fsp3) is 0.400. The van der Waals surface area contributed by atoms with Crippen molar-refractivity contribution in [3.63, 3.8) is 0 Å². The highest BCUT2D eigenvalue weighted by Gasteiger charge is 2.44. The van der Waals surface area contributed by atoms with Crippen molar-refractivity contribution < 1.29 is 23.8 Å². The quantitative estimate of drug-likeness (QED) is 0.837. The van der Waals surface area contributed by atoms with E-state index in [1.807, 2.05) is 26.0 Å². The number of nitrogens with two attached hydrogens (primary N) is 1. The number of esters is 1. The molecule has 1 aliphatic heterocycles. The first-order valence-electron chi connectivity index (χ1n) is 8.43. The smallest absolute Gasteiger partial charge is 0.340 e. The van der Waals surface area contributed by atoms with Gasteiger partial charge in [0.15, 0.2) is 5.78 Å². The lowest BCUT2D eigenvalue weighted by Crippen LogP contribution is -2.35. The second-order valence-electron chi connectivity index (χ2n) is 7.36. The van der Waals surface area contributed by atoms with Gasteiger partial charge in [0, 0.05) is 18.4 Å². The van der Waals surface area contributed by atoms with Crippen LogP contribution in [-0.2, 0) is 19.1 Å². The van der Waals surface area contributed by atoms with E-state index in [1.54, 1.807) is 19.2 Å². The van der Waals surface area contributed by atoms with Crippen molar-refractivity contribution in [2.75, 3.05) is 14.2 Å². The van der Waals surface area contributed by atoms with Crippen LogP contribution in [0, 0.1) is 5.41 Å². The summed E-state index contributed by atoms with van der Waals surface area (Å²) < 4.78 is 15.8. The van der Waals surface area contributed by atoms with E-state index in [1.165, 1.54) is 7.11 Å². The molecule has 2 N–H and O–H groups in total. The molecule has 26 heavy (non-hydrogen) atoms. The van der Waals surface area contributed by atoms with Crippen molar-refractivity contribution in [1.29, 1.82) is 0 Å². The molecule has 0 saturated carbocycles. The molecule has 2 aliphatic rings. The Hall–Kier alpha value is -2.76. The van der Waals surface area contributed by atoms with Gasteiger partial charge in [-0.15, -0.1) is 0 Å². The number of rotatable bonds is 3. The van der Waals surface area contributed by atoms with Crippen LogP contribution in [-0.4, -0.2) is 26.0 Å². The molecule has 1 aromatic rings. The van der Waals surface area contributed by atoms with Crippen LogP contribution in [0.25, 0.3) is 0 Å². The van der Waals surface area contributed by atoms with Crippen LogP contribution in [0.3, 0.4) is 0 Å².